The highest BCUT2D eigenvalue weighted by molar-refractivity contribution is 5.52. The van der Waals surface area contributed by atoms with E-state index in [1.165, 1.54) is 6.42 Å². The lowest BCUT2D eigenvalue weighted by molar-refractivity contribution is 0.575. The zero-order valence-corrected chi connectivity index (χ0v) is 9.48. The fourth-order valence-electron chi connectivity index (χ4n) is 2.13. The van der Waals surface area contributed by atoms with Crippen LogP contribution in [0.25, 0.3) is 0 Å². The normalized spacial score (nSPS) is 19.4. The second kappa shape index (κ2) is 4.95. The fourth-order valence-corrected chi connectivity index (χ4v) is 2.13. The molecule has 2 rings (SSSR count). The Morgan fingerprint density at radius 1 is 1.69 bits per heavy atom. The van der Waals surface area contributed by atoms with E-state index in [0.29, 0.717) is 11.5 Å². The van der Waals surface area contributed by atoms with Crippen molar-refractivity contribution >= 4 is 5.82 Å². The first kappa shape index (κ1) is 10.9. The molecule has 0 aliphatic carbocycles. The van der Waals surface area contributed by atoms with Crippen LogP contribution >= 0.6 is 0 Å². The van der Waals surface area contributed by atoms with Gasteiger partial charge in [0.15, 0.2) is 0 Å². The number of anilines is 1. The average Bonchev–Trinajstić information content (AvgIpc) is 2.81. The van der Waals surface area contributed by atoms with Gasteiger partial charge in [-0.25, -0.2) is 4.98 Å². The zero-order valence-electron chi connectivity index (χ0n) is 9.48. The summed E-state index contributed by atoms with van der Waals surface area (Å²) in [6, 6.07) is 5.79. The van der Waals surface area contributed by atoms with Gasteiger partial charge in [-0.3, -0.25) is 0 Å². The van der Waals surface area contributed by atoms with E-state index >= 15 is 0 Å². The molecule has 1 aromatic rings. The number of rotatable bonds is 3. The van der Waals surface area contributed by atoms with Crippen molar-refractivity contribution in [1.29, 1.82) is 5.26 Å². The monoisotopic (exact) mass is 216 g/mol. The maximum absolute atomic E-state index is 9.00. The predicted molar refractivity (Wildman–Crippen MR) is 63.2 cm³/mol. The van der Waals surface area contributed by atoms with Crippen LogP contribution in [0.1, 0.15) is 12.0 Å². The van der Waals surface area contributed by atoms with E-state index in [1.807, 2.05) is 13.1 Å². The van der Waals surface area contributed by atoms with E-state index in [9.17, 15) is 0 Å². The summed E-state index contributed by atoms with van der Waals surface area (Å²) in [4.78, 5) is 6.35. The first-order valence-corrected chi connectivity index (χ1v) is 5.58. The number of aromatic nitrogens is 1. The summed E-state index contributed by atoms with van der Waals surface area (Å²) in [7, 11) is 2.00. The van der Waals surface area contributed by atoms with Crippen LogP contribution in [0, 0.1) is 17.2 Å². The molecule has 16 heavy (non-hydrogen) atoms. The first-order valence-electron chi connectivity index (χ1n) is 5.58. The second-order valence-electron chi connectivity index (χ2n) is 4.23. The highest BCUT2D eigenvalue weighted by Gasteiger charge is 2.18. The molecular weight excluding hydrogens is 200 g/mol. The number of hydrogen-bond donors (Lipinski definition) is 1. The molecule has 0 saturated carbocycles. The van der Waals surface area contributed by atoms with Gasteiger partial charge in [0, 0.05) is 19.8 Å². The van der Waals surface area contributed by atoms with Crippen molar-refractivity contribution in [2.45, 2.75) is 6.42 Å². The minimum atomic E-state index is 0.649. The number of nitrogens with zero attached hydrogens (tertiary/aromatic N) is 3. The molecule has 84 valence electrons. The van der Waals surface area contributed by atoms with Crippen LogP contribution in [0.2, 0.25) is 0 Å². The van der Waals surface area contributed by atoms with E-state index in [0.717, 1.165) is 25.5 Å². The molecule has 1 atom stereocenters. The van der Waals surface area contributed by atoms with Crippen LogP contribution in [-0.4, -0.2) is 31.7 Å². The van der Waals surface area contributed by atoms with Gasteiger partial charge in [-0.1, -0.05) is 0 Å². The number of hydrogen-bond acceptors (Lipinski definition) is 4. The highest BCUT2D eigenvalue weighted by atomic mass is 15.2. The molecule has 0 aromatic carbocycles. The van der Waals surface area contributed by atoms with Crippen LogP contribution in [0.15, 0.2) is 18.3 Å². The Kier molecular flexibility index (Phi) is 3.37. The molecule has 1 aromatic heterocycles. The second-order valence-corrected chi connectivity index (χ2v) is 4.23. The number of nitrogens with one attached hydrogen (secondary N) is 1. The molecular formula is C12H16N4. The van der Waals surface area contributed by atoms with Gasteiger partial charge in [-0.2, -0.15) is 5.26 Å². The molecule has 0 spiro atoms. The summed E-state index contributed by atoms with van der Waals surface area (Å²) in [6.07, 6.45) is 2.94. The van der Waals surface area contributed by atoms with Crippen LogP contribution in [0.5, 0.6) is 0 Å². The average molecular weight is 216 g/mol. The molecule has 0 bridgehead atoms. The van der Waals surface area contributed by atoms with Gasteiger partial charge < -0.3 is 10.2 Å². The van der Waals surface area contributed by atoms with Crippen molar-refractivity contribution < 1.29 is 0 Å². The molecule has 1 aliphatic rings. The molecule has 1 saturated heterocycles. The van der Waals surface area contributed by atoms with Crippen LogP contribution in [-0.2, 0) is 0 Å². The lowest BCUT2D eigenvalue weighted by Gasteiger charge is -2.22. The van der Waals surface area contributed by atoms with Gasteiger partial charge in [-0.05, 0) is 37.6 Å². The van der Waals surface area contributed by atoms with Crippen molar-refractivity contribution in [1.82, 2.24) is 10.3 Å². The Bertz CT molecular complexity index is 390. The minimum Gasteiger partial charge on any atom is -0.358 e. The standard InChI is InChI=1S/C12H16N4/c1-16(9-10-4-6-14-8-10)12-11(7-13)3-2-5-15-12/h2-3,5,10,14H,4,6,8-9H2,1H3/t10-/m0/s1. The van der Waals surface area contributed by atoms with E-state index in [-0.39, 0.29) is 0 Å². The SMILES string of the molecule is CN(C[C@H]1CCNC1)c1ncccc1C#N. The maximum atomic E-state index is 9.00. The minimum absolute atomic E-state index is 0.649. The third-order valence-corrected chi connectivity index (χ3v) is 2.96. The number of pyridine rings is 1. The van der Waals surface area contributed by atoms with Gasteiger partial charge in [0.05, 0.1) is 5.56 Å². The van der Waals surface area contributed by atoms with Crippen LogP contribution in [0.4, 0.5) is 5.82 Å². The molecule has 4 heteroatoms. The van der Waals surface area contributed by atoms with Crippen LogP contribution in [0.3, 0.4) is 0 Å². The molecule has 1 fully saturated rings. The topological polar surface area (TPSA) is 52.0 Å². The molecule has 1 N–H and O–H groups in total. The Balaban J connectivity index is 2.08. The summed E-state index contributed by atoms with van der Waals surface area (Å²) >= 11 is 0. The summed E-state index contributed by atoms with van der Waals surface area (Å²) in [5.74, 6) is 1.45. The van der Waals surface area contributed by atoms with E-state index < -0.39 is 0 Å². The molecule has 0 radical (unpaired) electrons. The lowest BCUT2D eigenvalue weighted by atomic mass is 10.1. The van der Waals surface area contributed by atoms with Gasteiger partial charge in [0.1, 0.15) is 11.9 Å². The van der Waals surface area contributed by atoms with E-state index in [4.69, 9.17) is 5.26 Å². The zero-order chi connectivity index (χ0) is 11.4. The molecule has 2 heterocycles. The van der Waals surface area contributed by atoms with Crippen molar-refractivity contribution in [3.05, 3.63) is 23.9 Å². The van der Waals surface area contributed by atoms with Crippen molar-refractivity contribution in [2.75, 3.05) is 31.6 Å². The van der Waals surface area contributed by atoms with Gasteiger partial charge >= 0.3 is 0 Å². The highest BCUT2D eigenvalue weighted by Crippen LogP contribution is 2.17. The molecule has 0 amide bonds. The molecule has 4 nitrogen and oxygen atoms in total. The third kappa shape index (κ3) is 2.31. The van der Waals surface area contributed by atoms with Gasteiger partial charge in [0.2, 0.25) is 0 Å². The fraction of sp³-hybridized carbons (Fsp3) is 0.500. The largest absolute Gasteiger partial charge is 0.358 e. The predicted octanol–water partition coefficient (Wildman–Crippen LogP) is 0.999. The quantitative estimate of drug-likeness (QED) is 0.819. The van der Waals surface area contributed by atoms with Crippen molar-refractivity contribution in [3.8, 4) is 6.07 Å². The van der Waals surface area contributed by atoms with Crippen molar-refractivity contribution in [3.63, 3.8) is 0 Å². The smallest absolute Gasteiger partial charge is 0.146 e. The van der Waals surface area contributed by atoms with Crippen LogP contribution < -0.4 is 10.2 Å². The first-order chi connectivity index (χ1) is 7.81. The summed E-state index contributed by atoms with van der Waals surface area (Å²) in [6.45, 7) is 3.13. The summed E-state index contributed by atoms with van der Waals surface area (Å²) in [5.41, 5.74) is 0.649. The maximum Gasteiger partial charge on any atom is 0.146 e. The number of nitriles is 1. The Hall–Kier alpha value is -1.60. The van der Waals surface area contributed by atoms with Gasteiger partial charge in [0.25, 0.3) is 0 Å². The van der Waals surface area contributed by atoms with E-state index in [2.05, 4.69) is 21.3 Å². The van der Waals surface area contributed by atoms with Crippen molar-refractivity contribution in [2.24, 2.45) is 5.92 Å². The Morgan fingerprint density at radius 3 is 3.25 bits per heavy atom. The molecule has 0 unspecified atom stereocenters. The summed E-state index contributed by atoms with van der Waals surface area (Å²) < 4.78 is 0. The Morgan fingerprint density at radius 2 is 2.56 bits per heavy atom. The molecule has 1 aliphatic heterocycles. The van der Waals surface area contributed by atoms with Gasteiger partial charge in [-0.15, -0.1) is 0 Å². The Labute approximate surface area is 95.9 Å². The summed E-state index contributed by atoms with van der Waals surface area (Å²) in [5, 5.41) is 12.3. The lowest BCUT2D eigenvalue weighted by Crippen LogP contribution is -2.28. The third-order valence-electron chi connectivity index (χ3n) is 2.96. The van der Waals surface area contributed by atoms with E-state index in [1.54, 1.807) is 12.3 Å².